The summed E-state index contributed by atoms with van der Waals surface area (Å²) in [6.07, 6.45) is 3.25. The van der Waals surface area contributed by atoms with Gasteiger partial charge in [-0.05, 0) is 19.9 Å². The smallest absolute Gasteiger partial charge is 0.326 e. The maximum atomic E-state index is 12.2. The Labute approximate surface area is 126 Å². The van der Waals surface area contributed by atoms with Crippen LogP contribution in [-0.4, -0.2) is 79.9 Å². The van der Waals surface area contributed by atoms with Gasteiger partial charge in [0.25, 0.3) is 0 Å². The quantitative estimate of drug-likeness (QED) is 0.720. The number of likely N-dealkylation sites (N-methyl/N-ethyl adjacent to an activating group) is 1. The van der Waals surface area contributed by atoms with Crippen LogP contribution in [0.1, 0.15) is 25.7 Å². The van der Waals surface area contributed by atoms with E-state index in [1.165, 1.54) is 4.90 Å². The molecule has 1 unspecified atom stereocenters. The summed E-state index contributed by atoms with van der Waals surface area (Å²) in [6.45, 7) is 3.18. The van der Waals surface area contributed by atoms with Crippen LogP contribution in [0, 0.1) is 0 Å². The fourth-order valence-electron chi connectivity index (χ4n) is 2.42. The molecule has 1 heterocycles. The van der Waals surface area contributed by atoms with Crippen molar-refractivity contribution < 1.29 is 19.4 Å². The van der Waals surface area contributed by atoms with Crippen LogP contribution in [0.3, 0.4) is 0 Å². The molecule has 0 saturated carbocycles. The summed E-state index contributed by atoms with van der Waals surface area (Å²) in [5.74, 6) is -0.913. The molecule has 1 atom stereocenters. The molecule has 0 aromatic rings. The van der Waals surface area contributed by atoms with Gasteiger partial charge in [0.2, 0.25) is 0 Å². The van der Waals surface area contributed by atoms with Gasteiger partial charge in [0.15, 0.2) is 0 Å². The summed E-state index contributed by atoms with van der Waals surface area (Å²) in [5.41, 5.74) is 0. The van der Waals surface area contributed by atoms with E-state index in [9.17, 15) is 14.7 Å². The first kappa shape index (κ1) is 17.7. The second-order valence-electron chi connectivity index (χ2n) is 5.42. The van der Waals surface area contributed by atoms with Crippen LogP contribution in [0.2, 0.25) is 0 Å². The molecule has 0 aliphatic carbocycles. The zero-order chi connectivity index (χ0) is 15.7. The monoisotopic (exact) mass is 301 g/mol. The minimum absolute atomic E-state index is 0.274. The van der Waals surface area contributed by atoms with Gasteiger partial charge >= 0.3 is 12.0 Å². The van der Waals surface area contributed by atoms with Gasteiger partial charge in [0, 0.05) is 33.3 Å². The molecular formula is C14H27N3O4. The van der Waals surface area contributed by atoms with Gasteiger partial charge < -0.3 is 25.0 Å². The summed E-state index contributed by atoms with van der Waals surface area (Å²) >= 11 is 0. The average molecular weight is 301 g/mol. The number of urea groups is 1. The van der Waals surface area contributed by atoms with Gasteiger partial charge in [-0.15, -0.1) is 0 Å². The molecule has 7 heteroatoms. The zero-order valence-electron chi connectivity index (χ0n) is 13.0. The Balaban J connectivity index is 2.39. The number of nitrogens with zero attached hydrogens (tertiary/aromatic N) is 2. The van der Waals surface area contributed by atoms with Crippen LogP contribution in [0.15, 0.2) is 0 Å². The highest BCUT2D eigenvalue weighted by Gasteiger charge is 2.30. The number of carbonyl (C=O) groups excluding carboxylic acids is 1. The van der Waals surface area contributed by atoms with E-state index in [1.54, 1.807) is 7.11 Å². The van der Waals surface area contributed by atoms with Crippen molar-refractivity contribution in [3.05, 3.63) is 0 Å². The molecule has 0 bridgehead atoms. The van der Waals surface area contributed by atoms with E-state index in [1.807, 2.05) is 7.05 Å². The van der Waals surface area contributed by atoms with E-state index >= 15 is 0 Å². The number of carboxylic acids is 1. The highest BCUT2D eigenvalue weighted by Crippen LogP contribution is 2.17. The van der Waals surface area contributed by atoms with Gasteiger partial charge in [0.1, 0.15) is 6.04 Å². The maximum Gasteiger partial charge on any atom is 0.326 e. The molecular weight excluding hydrogens is 274 g/mol. The van der Waals surface area contributed by atoms with Crippen LogP contribution < -0.4 is 5.32 Å². The lowest BCUT2D eigenvalue weighted by Crippen LogP contribution is -2.50. The number of carbonyl (C=O) groups is 2. The van der Waals surface area contributed by atoms with Crippen LogP contribution in [0.25, 0.3) is 0 Å². The number of hydrogen-bond acceptors (Lipinski definition) is 4. The van der Waals surface area contributed by atoms with Crippen molar-refractivity contribution in [3.63, 3.8) is 0 Å². The molecule has 1 rings (SSSR count). The SMILES string of the molecule is COCCN(C)CCNC(=O)N1CCCCCC1C(=O)O. The molecule has 2 N–H and O–H groups in total. The molecule has 0 spiro atoms. The fourth-order valence-corrected chi connectivity index (χ4v) is 2.42. The highest BCUT2D eigenvalue weighted by molar-refractivity contribution is 5.82. The van der Waals surface area contributed by atoms with Crippen LogP contribution in [0.5, 0.6) is 0 Å². The van der Waals surface area contributed by atoms with Crippen molar-refractivity contribution in [2.24, 2.45) is 0 Å². The van der Waals surface area contributed by atoms with Crippen molar-refractivity contribution in [1.29, 1.82) is 0 Å². The summed E-state index contributed by atoms with van der Waals surface area (Å²) in [4.78, 5) is 27.0. The van der Waals surface area contributed by atoms with Gasteiger partial charge in [-0.2, -0.15) is 0 Å². The van der Waals surface area contributed by atoms with E-state index in [-0.39, 0.29) is 6.03 Å². The standard InChI is InChI=1S/C14H27N3O4/c1-16(10-11-21-2)9-7-15-14(20)17-8-5-3-4-6-12(17)13(18)19/h12H,3-11H2,1-2H3,(H,15,20)(H,18,19). The second kappa shape index (κ2) is 9.57. The topological polar surface area (TPSA) is 82.1 Å². The number of ether oxygens (including phenoxy) is 1. The Morgan fingerprint density at radius 1 is 1.33 bits per heavy atom. The third-order valence-electron chi connectivity index (χ3n) is 3.75. The minimum atomic E-state index is -0.913. The number of likely N-dealkylation sites (tertiary alicyclic amines) is 1. The first-order chi connectivity index (χ1) is 10.1. The first-order valence-electron chi connectivity index (χ1n) is 7.51. The number of hydrogen-bond donors (Lipinski definition) is 2. The minimum Gasteiger partial charge on any atom is -0.480 e. The van der Waals surface area contributed by atoms with Crippen LogP contribution in [0.4, 0.5) is 4.79 Å². The molecule has 122 valence electrons. The number of methoxy groups -OCH3 is 1. The zero-order valence-corrected chi connectivity index (χ0v) is 13.0. The van der Waals surface area contributed by atoms with Crippen molar-refractivity contribution in [2.45, 2.75) is 31.7 Å². The molecule has 1 aliphatic heterocycles. The molecule has 0 aromatic heterocycles. The number of aliphatic carboxylic acids is 1. The van der Waals surface area contributed by atoms with Crippen molar-refractivity contribution >= 4 is 12.0 Å². The van der Waals surface area contributed by atoms with E-state index in [2.05, 4.69) is 10.2 Å². The molecule has 1 aliphatic rings. The summed E-state index contributed by atoms with van der Waals surface area (Å²) in [5, 5.41) is 12.1. The fraction of sp³-hybridized carbons (Fsp3) is 0.857. The van der Waals surface area contributed by atoms with E-state index in [4.69, 9.17) is 4.74 Å². The molecule has 1 saturated heterocycles. The summed E-state index contributed by atoms with van der Waals surface area (Å²) in [6, 6.07) is -0.969. The largest absolute Gasteiger partial charge is 0.480 e. The molecule has 2 amide bonds. The molecule has 21 heavy (non-hydrogen) atoms. The first-order valence-corrected chi connectivity index (χ1v) is 7.51. The lowest BCUT2D eigenvalue weighted by molar-refractivity contribution is -0.142. The van der Waals surface area contributed by atoms with Gasteiger partial charge in [-0.25, -0.2) is 9.59 Å². The number of nitrogens with one attached hydrogen (secondary N) is 1. The third-order valence-corrected chi connectivity index (χ3v) is 3.75. The van der Waals surface area contributed by atoms with Gasteiger partial charge in [-0.1, -0.05) is 12.8 Å². The maximum absolute atomic E-state index is 12.2. The Morgan fingerprint density at radius 3 is 2.76 bits per heavy atom. The predicted molar refractivity (Wildman–Crippen MR) is 79.4 cm³/mol. The average Bonchev–Trinajstić information content (AvgIpc) is 2.70. The van der Waals surface area contributed by atoms with Crippen molar-refractivity contribution in [2.75, 3.05) is 46.9 Å². The molecule has 7 nitrogen and oxygen atoms in total. The third kappa shape index (κ3) is 6.31. The number of carboxylic acid groups (broad SMARTS) is 1. The van der Waals surface area contributed by atoms with E-state index in [0.717, 1.165) is 25.8 Å². The highest BCUT2D eigenvalue weighted by atomic mass is 16.5. The Morgan fingerprint density at radius 2 is 2.10 bits per heavy atom. The summed E-state index contributed by atoms with van der Waals surface area (Å²) in [7, 11) is 3.61. The van der Waals surface area contributed by atoms with Crippen molar-refractivity contribution in [1.82, 2.24) is 15.1 Å². The molecule has 0 radical (unpaired) electrons. The lowest BCUT2D eigenvalue weighted by Gasteiger charge is -2.27. The Kier molecular flexibility index (Phi) is 8.07. The van der Waals surface area contributed by atoms with Crippen molar-refractivity contribution in [3.8, 4) is 0 Å². The van der Waals surface area contributed by atoms with Crippen LogP contribution in [-0.2, 0) is 9.53 Å². The van der Waals surface area contributed by atoms with Gasteiger partial charge in [0.05, 0.1) is 6.61 Å². The van der Waals surface area contributed by atoms with E-state index in [0.29, 0.717) is 32.7 Å². The van der Waals surface area contributed by atoms with E-state index < -0.39 is 12.0 Å². The lowest BCUT2D eigenvalue weighted by atomic mass is 10.1. The Bertz CT molecular complexity index is 338. The molecule has 0 aromatic carbocycles. The molecule has 1 fully saturated rings. The normalized spacial score (nSPS) is 19.4. The Hall–Kier alpha value is -1.34. The number of amides is 2. The predicted octanol–water partition coefficient (Wildman–Crippen LogP) is 0.603. The summed E-state index contributed by atoms with van der Waals surface area (Å²) < 4.78 is 4.99. The number of rotatable bonds is 7. The van der Waals surface area contributed by atoms with Gasteiger partial charge in [-0.3, -0.25) is 0 Å². The van der Waals surface area contributed by atoms with Crippen LogP contribution >= 0.6 is 0 Å². The second-order valence-corrected chi connectivity index (χ2v) is 5.42.